The molecule has 1 aliphatic carbocycles. The summed E-state index contributed by atoms with van der Waals surface area (Å²) in [5, 5.41) is 0. The zero-order chi connectivity index (χ0) is 10.1. The molecule has 1 atom stereocenters. The summed E-state index contributed by atoms with van der Waals surface area (Å²) in [7, 11) is 0. The van der Waals surface area contributed by atoms with Gasteiger partial charge in [0.2, 0.25) is 0 Å². The van der Waals surface area contributed by atoms with Gasteiger partial charge in [-0.2, -0.15) is 0 Å². The molecule has 0 aliphatic heterocycles. The Morgan fingerprint density at radius 1 is 1.50 bits per heavy atom. The van der Waals surface area contributed by atoms with E-state index in [9.17, 15) is 0 Å². The Kier molecular flexibility index (Phi) is 2.33. The molecule has 14 heavy (non-hydrogen) atoms. The first-order chi connectivity index (χ1) is 6.72. The van der Waals surface area contributed by atoms with Crippen LogP contribution in [-0.4, -0.2) is 6.61 Å². The molecule has 4 N–H and O–H groups in total. The maximum Gasteiger partial charge on any atom is 0.121 e. The van der Waals surface area contributed by atoms with Crippen LogP contribution in [0.1, 0.15) is 30.5 Å². The quantitative estimate of drug-likeness (QED) is 0.700. The zero-order valence-corrected chi connectivity index (χ0v) is 8.42. The number of nitrogens with two attached hydrogens (primary N) is 2. The number of hydrogen-bond donors (Lipinski definition) is 2. The van der Waals surface area contributed by atoms with Crippen LogP contribution in [0.3, 0.4) is 0 Å². The first kappa shape index (κ1) is 9.34. The molecule has 0 aromatic heterocycles. The average molecular weight is 192 g/mol. The molecule has 0 saturated heterocycles. The van der Waals surface area contributed by atoms with Gasteiger partial charge in [0.25, 0.3) is 0 Å². The maximum atomic E-state index is 5.97. The van der Waals surface area contributed by atoms with Gasteiger partial charge < -0.3 is 16.2 Å². The van der Waals surface area contributed by atoms with Gasteiger partial charge in [0.05, 0.1) is 6.61 Å². The van der Waals surface area contributed by atoms with Gasteiger partial charge in [-0.3, -0.25) is 0 Å². The van der Waals surface area contributed by atoms with Crippen LogP contribution in [0.4, 0.5) is 5.69 Å². The monoisotopic (exact) mass is 192 g/mol. The van der Waals surface area contributed by atoms with E-state index in [0.717, 1.165) is 29.8 Å². The minimum Gasteiger partial charge on any atom is -0.494 e. The molecule has 1 aromatic carbocycles. The average Bonchev–Trinajstić information content (AvgIpc) is 2.49. The lowest BCUT2D eigenvalue weighted by Gasteiger charge is -2.10. The molecule has 0 amide bonds. The van der Waals surface area contributed by atoms with Gasteiger partial charge in [0.15, 0.2) is 0 Å². The summed E-state index contributed by atoms with van der Waals surface area (Å²) in [5.74, 6) is 0.834. The lowest BCUT2D eigenvalue weighted by molar-refractivity contribution is 0.340. The number of ether oxygens (including phenoxy) is 1. The number of rotatable bonds is 2. The lowest BCUT2D eigenvalue weighted by Crippen LogP contribution is -2.06. The number of benzene rings is 1. The maximum absolute atomic E-state index is 5.97. The Balaban J connectivity index is 2.42. The van der Waals surface area contributed by atoms with E-state index < -0.39 is 0 Å². The molecule has 0 radical (unpaired) electrons. The van der Waals surface area contributed by atoms with Gasteiger partial charge in [-0.25, -0.2) is 0 Å². The van der Waals surface area contributed by atoms with Gasteiger partial charge >= 0.3 is 0 Å². The van der Waals surface area contributed by atoms with Gasteiger partial charge in [0.1, 0.15) is 5.75 Å². The van der Waals surface area contributed by atoms with Crippen molar-refractivity contribution in [3.63, 3.8) is 0 Å². The second kappa shape index (κ2) is 3.50. The van der Waals surface area contributed by atoms with Crippen molar-refractivity contribution >= 4 is 5.69 Å². The summed E-state index contributed by atoms with van der Waals surface area (Å²) in [6, 6.07) is 4.04. The van der Waals surface area contributed by atoms with Gasteiger partial charge in [-0.05, 0) is 37.0 Å². The number of hydrogen-bond acceptors (Lipinski definition) is 3. The Morgan fingerprint density at radius 3 is 3.00 bits per heavy atom. The summed E-state index contributed by atoms with van der Waals surface area (Å²) >= 11 is 0. The van der Waals surface area contributed by atoms with Crippen LogP contribution < -0.4 is 16.2 Å². The molecule has 1 aromatic rings. The van der Waals surface area contributed by atoms with Crippen LogP contribution in [-0.2, 0) is 6.42 Å². The highest BCUT2D eigenvalue weighted by Gasteiger charge is 2.21. The van der Waals surface area contributed by atoms with Crippen LogP contribution in [0.5, 0.6) is 5.75 Å². The minimum absolute atomic E-state index is 0.132. The molecule has 1 aliphatic rings. The fourth-order valence-corrected chi connectivity index (χ4v) is 2.01. The van der Waals surface area contributed by atoms with Crippen molar-refractivity contribution < 1.29 is 4.74 Å². The van der Waals surface area contributed by atoms with Crippen LogP contribution in [0.15, 0.2) is 12.1 Å². The Bertz CT molecular complexity index is 349. The van der Waals surface area contributed by atoms with Crippen molar-refractivity contribution in [1.29, 1.82) is 0 Å². The molecule has 0 fully saturated rings. The number of anilines is 1. The molecule has 2 rings (SSSR count). The summed E-state index contributed by atoms with van der Waals surface area (Å²) in [6.07, 6.45) is 1.99. The van der Waals surface area contributed by atoms with E-state index in [-0.39, 0.29) is 6.04 Å². The third-order valence-electron chi connectivity index (χ3n) is 2.71. The smallest absolute Gasteiger partial charge is 0.121 e. The van der Waals surface area contributed by atoms with E-state index in [1.54, 1.807) is 0 Å². The van der Waals surface area contributed by atoms with Crippen LogP contribution in [0.25, 0.3) is 0 Å². The predicted octanol–water partition coefficient (Wildman–Crippen LogP) is 1.61. The third-order valence-corrected chi connectivity index (χ3v) is 2.71. The molecule has 3 heteroatoms. The summed E-state index contributed by atoms with van der Waals surface area (Å²) in [6.45, 7) is 2.62. The predicted molar refractivity (Wildman–Crippen MR) is 57.3 cm³/mol. The molecular formula is C11H16N2O. The first-order valence-corrected chi connectivity index (χ1v) is 5.03. The highest BCUT2D eigenvalue weighted by atomic mass is 16.5. The molecule has 3 nitrogen and oxygen atoms in total. The second-order valence-corrected chi connectivity index (χ2v) is 3.66. The van der Waals surface area contributed by atoms with Crippen LogP contribution in [0.2, 0.25) is 0 Å². The van der Waals surface area contributed by atoms with E-state index in [0.29, 0.717) is 6.61 Å². The normalized spacial score (nSPS) is 19.4. The fourth-order valence-electron chi connectivity index (χ4n) is 2.01. The highest BCUT2D eigenvalue weighted by molar-refractivity contribution is 5.58. The molecule has 76 valence electrons. The molecule has 0 spiro atoms. The Morgan fingerprint density at radius 2 is 2.29 bits per heavy atom. The van der Waals surface area contributed by atoms with Gasteiger partial charge in [-0.1, -0.05) is 0 Å². The number of nitrogen functional groups attached to an aromatic ring is 1. The van der Waals surface area contributed by atoms with E-state index in [1.807, 2.05) is 19.1 Å². The first-order valence-electron chi connectivity index (χ1n) is 5.03. The van der Waals surface area contributed by atoms with Crippen molar-refractivity contribution in [1.82, 2.24) is 0 Å². The van der Waals surface area contributed by atoms with Crippen molar-refractivity contribution in [2.24, 2.45) is 5.73 Å². The van der Waals surface area contributed by atoms with E-state index in [4.69, 9.17) is 16.2 Å². The Hall–Kier alpha value is -1.22. The fraction of sp³-hybridized carbons (Fsp3) is 0.455. The van der Waals surface area contributed by atoms with E-state index in [2.05, 4.69) is 0 Å². The third kappa shape index (κ3) is 1.44. The number of fused-ring (bicyclic) bond motifs is 1. The van der Waals surface area contributed by atoms with Crippen molar-refractivity contribution in [3.8, 4) is 5.75 Å². The van der Waals surface area contributed by atoms with Crippen molar-refractivity contribution in [2.45, 2.75) is 25.8 Å². The molecule has 0 bridgehead atoms. The van der Waals surface area contributed by atoms with Crippen molar-refractivity contribution in [2.75, 3.05) is 12.3 Å². The minimum atomic E-state index is 0.132. The molecular weight excluding hydrogens is 176 g/mol. The SMILES string of the molecule is CCOc1cc(N)c2c(c1)[C@@H](N)CC2. The van der Waals surface area contributed by atoms with E-state index >= 15 is 0 Å². The highest BCUT2D eigenvalue weighted by Crippen LogP contribution is 2.36. The van der Waals surface area contributed by atoms with Gasteiger partial charge in [0, 0.05) is 17.8 Å². The van der Waals surface area contributed by atoms with Crippen LogP contribution in [0, 0.1) is 0 Å². The second-order valence-electron chi connectivity index (χ2n) is 3.66. The largest absolute Gasteiger partial charge is 0.494 e. The lowest BCUT2D eigenvalue weighted by atomic mass is 10.1. The standard InChI is InChI=1S/C11H16N2O/c1-2-14-7-5-9-8(11(13)6-7)3-4-10(9)12/h5-6,10H,2-4,12-13H2,1H3/t10-/m0/s1. The molecule has 0 heterocycles. The van der Waals surface area contributed by atoms with Crippen molar-refractivity contribution in [3.05, 3.63) is 23.3 Å². The summed E-state index contributed by atoms with van der Waals surface area (Å²) in [4.78, 5) is 0. The summed E-state index contributed by atoms with van der Waals surface area (Å²) < 4.78 is 5.42. The zero-order valence-electron chi connectivity index (χ0n) is 8.42. The summed E-state index contributed by atoms with van der Waals surface area (Å²) in [5.41, 5.74) is 15.1. The van der Waals surface area contributed by atoms with Crippen LogP contribution >= 0.6 is 0 Å². The molecule has 0 unspecified atom stereocenters. The van der Waals surface area contributed by atoms with Gasteiger partial charge in [-0.15, -0.1) is 0 Å². The topological polar surface area (TPSA) is 61.3 Å². The Labute approximate surface area is 84.0 Å². The molecule has 0 saturated carbocycles. The van der Waals surface area contributed by atoms with E-state index in [1.165, 1.54) is 5.56 Å².